The van der Waals surface area contributed by atoms with E-state index in [0.29, 0.717) is 26.1 Å². The summed E-state index contributed by atoms with van der Waals surface area (Å²) in [7, 11) is 0. The predicted octanol–water partition coefficient (Wildman–Crippen LogP) is 3.56. The van der Waals surface area contributed by atoms with Crippen LogP contribution in [0.1, 0.15) is 65.7 Å². The van der Waals surface area contributed by atoms with Crippen molar-refractivity contribution in [2.24, 2.45) is 11.8 Å². The molecule has 1 spiro atoms. The van der Waals surface area contributed by atoms with E-state index in [9.17, 15) is 19.5 Å². The summed E-state index contributed by atoms with van der Waals surface area (Å²) in [5, 5.41) is 10.00. The van der Waals surface area contributed by atoms with Gasteiger partial charge in [-0.05, 0) is 52.4 Å². The first-order valence-corrected chi connectivity index (χ1v) is 13.8. The Hall–Kier alpha value is -1.80. The lowest BCUT2D eigenvalue weighted by Gasteiger charge is -2.38. The van der Waals surface area contributed by atoms with E-state index in [-0.39, 0.29) is 24.4 Å². The second kappa shape index (κ2) is 11.5. The molecule has 7 nitrogen and oxygen atoms in total. The average molecular weight is 507 g/mol. The van der Waals surface area contributed by atoms with Crippen LogP contribution in [0.25, 0.3) is 0 Å². The highest BCUT2D eigenvalue weighted by atomic mass is 32.2. The SMILES string of the molecule is C=CCCCCOC(=O)[C@H]1[C@H]2C(=O)N([C@H](C)CO)C(C(=O)N(CC=C)CCCC)C23CC[C@]1(C)S3. The number of aliphatic hydroxyl groups is 1. The summed E-state index contributed by atoms with van der Waals surface area (Å²) in [5.41, 5.74) is 0. The molecule has 3 aliphatic heterocycles. The van der Waals surface area contributed by atoms with Crippen LogP contribution in [0.15, 0.2) is 25.3 Å². The summed E-state index contributed by atoms with van der Waals surface area (Å²) in [6, 6.07) is -1.23. The number of hydrogen-bond acceptors (Lipinski definition) is 6. The minimum atomic E-state index is -0.712. The number of unbranched alkanes of at least 4 members (excludes halogenated alkanes) is 3. The van der Waals surface area contributed by atoms with E-state index >= 15 is 0 Å². The molecule has 0 aromatic rings. The minimum absolute atomic E-state index is 0.107. The molecular formula is C27H42N2O5S. The maximum absolute atomic E-state index is 14.1. The molecule has 3 saturated heterocycles. The van der Waals surface area contributed by atoms with Gasteiger partial charge in [0.25, 0.3) is 0 Å². The van der Waals surface area contributed by atoms with Gasteiger partial charge in [-0.3, -0.25) is 14.4 Å². The molecule has 2 bridgehead atoms. The third-order valence-electron chi connectivity index (χ3n) is 7.93. The van der Waals surface area contributed by atoms with Gasteiger partial charge in [-0.25, -0.2) is 0 Å². The van der Waals surface area contributed by atoms with Gasteiger partial charge in [0.2, 0.25) is 11.8 Å². The van der Waals surface area contributed by atoms with E-state index in [1.54, 1.807) is 34.6 Å². The highest BCUT2D eigenvalue weighted by Gasteiger charge is 2.78. The van der Waals surface area contributed by atoms with Gasteiger partial charge in [-0.1, -0.05) is 25.5 Å². The molecule has 3 rings (SSSR count). The van der Waals surface area contributed by atoms with Crippen LogP contribution in [0, 0.1) is 11.8 Å². The van der Waals surface area contributed by atoms with Crippen LogP contribution in [-0.4, -0.2) is 80.6 Å². The Labute approximate surface area is 214 Å². The Balaban J connectivity index is 1.94. The van der Waals surface area contributed by atoms with Gasteiger partial charge < -0.3 is 19.6 Å². The van der Waals surface area contributed by atoms with Crippen molar-refractivity contribution < 1.29 is 24.2 Å². The molecule has 0 saturated carbocycles. The second-order valence-electron chi connectivity index (χ2n) is 10.4. The molecule has 0 aromatic heterocycles. The number of allylic oxidation sites excluding steroid dienone is 1. The third-order valence-corrected chi connectivity index (χ3v) is 9.92. The molecule has 3 heterocycles. The zero-order chi connectivity index (χ0) is 25.8. The molecule has 35 heavy (non-hydrogen) atoms. The van der Waals surface area contributed by atoms with Crippen LogP contribution in [0.3, 0.4) is 0 Å². The fourth-order valence-corrected chi connectivity index (χ4v) is 8.51. The number of hydrogen-bond donors (Lipinski definition) is 1. The topological polar surface area (TPSA) is 87.1 Å². The maximum Gasteiger partial charge on any atom is 0.311 e. The van der Waals surface area contributed by atoms with Crippen molar-refractivity contribution in [3.05, 3.63) is 25.3 Å². The molecule has 0 radical (unpaired) electrons. The molecule has 3 fully saturated rings. The molecule has 2 unspecified atom stereocenters. The summed E-state index contributed by atoms with van der Waals surface area (Å²) in [6.45, 7) is 14.5. The Morgan fingerprint density at radius 2 is 2.03 bits per heavy atom. The highest BCUT2D eigenvalue weighted by Crippen LogP contribution is 2.71. The number of aliphatic hydroxyl groups excluding tert-OH is 1. The van der Waals surface area contributed by atoms with Crippen molar-refractivity contribution in [2.45, 2.75) is 87.3 Å². The van der Waals surface area contributed by atoms with Crippen LogP contribution in [0.2, 0.25) is 0 Å². The van der Waals surface area contributed by atoms with Gasteiger partial charge in [0.05, 0.1) is 35.8 Å². The van der Waals surface area contributed by atoms with Gasteiger partial charge in [0, 0.05) is 17.8 Å². The van der Waals surface area contributed by atoms with Crippen LogP contribution in [-0.2, 0) is 19.1 Å². The molecule has 0 aromatic carbocycles. The average Bonchev–Trinajstić information content (AvgIpc) is 3.41. The Kier molecular flexibility index (Phi) is 9.13. The minimum Gasteiger partial charge on any atom is -0.465 e. The first-order valence-electron chi connectivity index (χ1n) is 13.0. The fourth-order valence-electron chi connectivity index (χ4n) is 6.19. The quantitative estimate of drug-likeness (QED) is 0.220. The molecule has 6 atom stereocenters. The molecule has 1 N–H and O–H groups in total. The van der Waals surface area contributed by atoms with Crippen molar-refractivity contribution in [2.75, 3.05) is 26.3 Å². The van der Waals surface area contributed by atoms with Gasteiger partial charge >= 0.3 is 5.97 Å². The molecule has 0 aliphatic carbocycles. The summed E-state index contributed by atoms with van der Waals surface area (Å²) in [4.78, 5) is 44.7. The summed E-state index contributed by atoms with van der Waals surface area (Å²) >= 11 is 1.64. The van der Waals surface area contributed by atoms with E-state index < -0.39 is 33.4 Å². The lowest BCUT2D eigenvalue weighted by Crippen LogP contribution is -2.57. The number of likely N-dealkylation sites (tertiary alicyclic amines) is 1. The predicted molar refractivity (Wildman–Crippen MR) is 139 cm³/mol. The van der Waals surface area contributed by atoms with Crippen molar-refractivity contribution >= 4 is 29.5 Å². The summed E-state index contributed by atoms with van der Waals surface area (Å²) < 4.78 is 4.55. The standard InChI is InChI=1S/C27H42N2O5S/c1-6-9-11-12-17-34-25(33)21-20-23(31)29(19(4)18-30)22(27(20)14-13-26(21,5)35-27)24(32)28(15-8-3)16-10-7-2/h6,8,19-22,30H,1,3,7,9-18H2,2,4-5H3/t19-,20+,21-,22?,26+,27?/m1/s1. The van der Waals surface area contributed by atoms with Crippen LogP contribution in [0.4, 0.5) is 0 Å². The number of amides is 2. The van der Waals surface area contributed by atoms with Crippen molar-refractivity contribution in [3.63, 3.8) is 0 Å². The Bertz CT molecular complexity index is 834. The van der Waals surface area contributed by atoms with Crippen molar-refractivity contribution in [1.82, 2.24) is 9.80 Å². The number of thioether (sulfide) groups is 1. The highest BCUT2D eigenvalue weighted by molar-refractivity contribution is 8.02. The number of ether oxygens (including phenoxy) is 1. The van der Waals surface area contributed by atoms with Gasteiger partial charge in [0.1, 0.15) is 6.04 Å². The lowest BCUT2D eigenvalue weighted by atomic mass is 9.66. The smallest absolute Gasteiger partial charge is 0.311 e. The maximum atomic E-state index is 14.1. The van der Waals surface area contributed by atoms with Crippen LogP contribution < -0.4 is 0 Å². The summed E-state index contributed by atoms with van der Waals surface area (Å²) in [5.74, 6) is -1.86. The zero-order valence-corrected chi connectivity index (χ0v) is 22.4. The normalized spacial score (nSPS) is 31.8. The first-order chi connectivity index (χ1) is 16.7. The molecule has 8 heteroatoms. The van der Waals surface area contributed by atoms with Gasteiger partial charge in [-0.2, -0.15) is 0 Å². The fraction of sp³-hybridized carbons (Fsp3) is 0.741. The lowest BCUT2D eigenvalue weighted by molar-refractivity contribution is -0.156. The summed E-state index contributed by atoms with van der Waals surface area (Å²) in [6.07, 6.45) is 9.33. The van der Waals surface area contributed by atoms with Crippen molar-refractivity contribution in [3.8, 4) is 0 Å². The van der Waals surface area contributed by atoms with Gasteiger partial charge in [-0.15, -0.1) is 24.9 Å². The van der Waals surface area contributed by atoms with Crippen molar-refractivity contribution in [1.29, 1.82) is 0 Å². The van der Waals surface area contributed by atoms with Crippen LogP contribution >= 0.6 is 11.8 Å². The van der Waals surface area contributed by atoms with Crippen LogP contribution in [0.5, 0.6) is 0 Å². The number of nitrogens with zero attached hydrogens (tertiary/aromatic N) is 2. The van der Waals surface area contributed by atoms with E-state index in [0.717, 1.165) is 38.5 Å². The first kappa shape index (κ1) is 27.8. The number of esters is 1. The number of carbonyl (C=O) groups excluding carboxylic acids is 3. The largest absolute Gasteiger partial charge is 0.465 e. The second-order valence-corrected chi connectivity index (χ2v) is 12.3. The third kappa shape index (κ3) is 4.93. The van der Waals surface area contributed by atoms with E-state index in [1.165, 1.54) is 0 Å². The van der Waals surface area contributed by atoms with E-state index in [1.807, 2.05) is 13.0 Å². The molecule has 196 valence electrons. The Morgan fingerprint density at radius 1 is 1.29 bits per heavy atom. The number of rotatable bonds is 14. The van der Waals surface area contributed by atoms with Gasteiger partial charge in [0.15, 0.2) is 0 Å². The monoisotopic (exact) mass is 506 g/mol. The Morgan fingerprint density at radius 3 is 2.66 bits per heavy atom. The number of carbonyl (C=O) groups is 3. The van der Waals surface area contributed by atoms with E-state index in [2.05, 4.69) is 20.1 Å². The number of fused-ring (bicyclic) bond motifs is 1. The van der Waals surface area contributed by atoms with E-state index in [4.69, 9.17) is 4.74 Å². The molecule has 3 aliphatic rings. The zero-order valence-electron chi connectivity index (χ0n) is 21.5. The molecular weight excluding hydrogens is 464 g/mol. The molecule has 2 amide bonds.